The molecule has 0 aromatic carbocycles. The summed E-state index contributed by atoms with van der Waals surface area (Å²) in [7, 11) is 0. The summed E-state index contributed by atoms with van der Waals surface area (Å²) in [5.74, 6) is -1.37. The third kappa shape index (κ3) is 5.06. The summed E-state index contributed by atoms with van der Waals surface area (Å²) in [4.78, 5) is 0. The van der Waals surface area contributed by atoms with Gasteiger partial charge < -0.3 is 0 Å². The molecule has 0 unspecified atom stereocenters. The highest BCUT2D eigenvalue weighted by molar-refractivity contribution is 5.09. The smallest absolute Gasteiger partial charge is 0.207 e. The van der Waals surface area contributed by atoms with Crippen molar-refractivity contribution in [3.8, 4) is 0 Å². The number of rotatable bonds is 1. The van der Waals surface area contributed by atoms with Gasteiger partial charge in [0.15, 0.2) is 0 Å². The lowest BCUT2D eigenvalue weighted by molar-refractivity contribution is -0.0811. The molecule has 0 atom stereocenters. The molecule has 0 spiro atoms. The molecule has 4 heteroatoms. The molecule has 0 radical (unpaired) electrons. The van der Waals surface area contributed by atoms with Crippen molar-refractivity contribution in [2.75, 3.05) is 0 Å². The van der Waals surface area contributed by atoms with E-state index in [9.17, 15) is 17.6 Å². The first-order chi connectivity index (χ1) is 3.95. The number of halogens is 4. The molecule has 0 fully saturated rings. The summed E-state index contributed by atoms with van der Waals surface area (Å²) < 4.78 is 45.0. The molecule has 52 valence electrons. The average Bonchev–Trinajstić information content (AvgIpc) is 1.62. The molecule has 0 aliphatic carbocycles. The van der Waals surface area contributed by atoms with E-state index in [1.54, 1.807) is 0 Å². The van der Waals surface area contributed by atoms with Gasteiger partial charge in [0.1, 0.15) is 5.83 Å². The van der Waals surface area contributed by atoms with E-state index >= 15 is 0 Å². The van der Waals surface area contributed by atoms with Crippen LogP contribution in [-0.2, 0) is 0 Å². The van der Waals surface area contributed by atoms with Crippen LogP contribution in [0.1, 0.15) is 0 Å². The fraction of sp³-hybridized carbons (Fsp3) is 0.200. The number of hydrogen-bond donors (Lipinski definition) is 0. The molecule has 0 aromatic heterocycles. The third-order valence-electron chi connectivity index (χ3n) is 0.497. The second-order valence-corrected chi connectivity index (χ2v) is 1.27. The number of allylic oxidation sites excluding steroid dienone is 3. The van der Waals surface area contributed by atoms with E-state index in [4.69, 9.17) is 0 Å². The lowest BCUT2D eigenvalue weighted by Gasteiger charge is -1.95. The maximum atomic E-state index is 11.7. The molecular formula is C5H4F4. The Hall–Kier alpha value is -0.800. The van der Waals surface area contributed by atoms with E-state index in [0.29, 0.717) is 6.08 Å². The van der Waals surface area contributed by atoms with E-state index in [2.05, 4.69) is 6.58 Å². The van der Waals surface area contributed by atoms with Gasteiger partial charge in [-0.05, 0) is 6.08 Å². The van der Waals surface area contributed by atoms with Crippen molar-refractivity contribution in [1.29, 1.82) is 0 Å². The topological polar surface area (TPSA) is 0 Å². The molecule has 0 heterocycles. The van der Waals surface area contributed by atoms with Crippen molar-refractivity contribution >= 4 is 0 Å². The second kappa shape index (κ2) is 2.66. The molecule has 0 nitrogen and oxygen atoms in total. The van der Waals surface area contributed by atoms with Gasteiger partial charge in [-0.2, -0.15) is 13.2 Å². The normalized spacial score (nSPS) is 13.6. The van der Waals surface area contributed by atoms with Gasteiger partial charge >= 0.3 is 6.18 Å². The zero-order valence-electron chi connectivity index (χ0n) is 4.37. The van der Waals surface area contributed by atoms with Crippen molar-refractivity contribution in [2.24, 2.45) is 0 Å². The summed E-state index contributed by atoms with van der Waals surface area (Å²) in [6.07, 6.45) is -4.55. The second-order valence-electron chi connectivity index (χ2n) is 1.27. The average molecular weight is 140 g/mol. The maximum absolute atomic E-state index is 11.7. The van der Waals surface area contributed by atoms with Crippen molar-refractivity contribution < 1.29 is 17.6 Å². The minimum atomic E-state index is -4.59. The van der Waals surface area contributed by atoms with Gasteiger partial charge in [-0.15, -0.1) is 0 Å². The van der Waals surface area contributed by atoms with E-state index in [1.165, 1.54) is 0 Å². The first-order valence-electron chi connectivity index (χ1n) is 2.03. The highest BCUT2D eigenvalue weighted by Gasteiger charge is 2.23. The Bertz CT molecular complexity index is 130. The zero-order chi connectivity index (χ0) is 7.49. The molecular weight excluding hydrogens is 136 g/mol. The van der Waals surface area contributed by atoms with E-state index in [1.807, 2.05) is 0 Å². The van der Waals surface area contributed by atoms with Crippen LogP contribution in [0.4, 0.5) is 17.6 Å². The van der Waals surface area contributed by atoms with E-state index < -0.39 is 18.1 Å². The molecule has 0 rings (SSSR count). The summed E-state index contributed by atoms with van der Waals surface area (Å²) in [5, 5.41) is 0. The summed E-state index contributed by atoms with van der Waals surface area (Å²) in [6.45, 7) is 2.80. The van der Waals surface area contributed by atoms with Crippen LogP contribution in [0.5, 0.6) is 0 Å². The van der Waals surface area contributed by atoms with Gasteiger partial charge in [-0.1, -0.05) is 6.58 Å². The van der Waals surface area contributed by atoms with Crippen LogP contribution in [-0.4, -0.2) is 6.18 Å². The Morgan fingerprint density at radius 3 is 1.89 bits per heavy atom. The standard InChI is InChI=1S/C5H4F4/c1-2-4(6)3-5(7,8)9/h2-3H,1H2/b4-3-. The van der Waals surface area contributed by atoms with Crippen LogP contribution in [0.3, 0.4) is 0 Å². The molecule has 0 saturated carbocycles. The Morgan fingerprint density at radius 2 is 1.78 bits per heavy atom. The van der Waals surface area contributed by atoms with Gasteiger partial charge in [-0.25, -0.2) is 4.39 Å². The lowest BCUT2D eigenvalue weighted by atomic mass is 10.4. The van der Waals surface area contributed by atoms with Crippen LogP contribution in [0, 0.1) is 0 Å². The van der Waals surface area contributed by atoms with Crippen molar-refractivity contribution in [2.45, 2.75) is 6.18 Å². The summed E-state index contributed by atoms with van der Waals surface area (Å²) in [6, 6.07) is 0. The predicted molar refractivity (Wildman–Crippen MR) is 25.4 cm³/mol. The van der Waals surface area contributed by atoms with Crippen LogP contribution in [0.25, 0.3) is 0 Å². The van der Waals surface area contributed by atoms with Crippen LogP contribution >= 0.6 is 0 Å². The fourth-order valence-electron chi connectivity index (χ4n) is 0.215. The first-order valence-corrected chi connectivity index (χ1v) is 2.03. The Kier molecular flexibility index (Phi) is 2.42. The Labute approximate surface area is 49.5 Å². The zero-order valence-corrected chi connectivity index (χ0v) is 4.37. The quantitative estimate of drug-likeness (QED) is 0.388. The summed E-state index contributed by atoms with van der Waals surface area (Å²) >= 11 is 0. The molecule has 0 bridgehead atoms. The third-order valence-corrected chi connectivity index (χ3v) is 0.497. The maximum Gasteiger partial charge on any atom is 0.412 e. The SMILES string of the molecule is C=C/C(F)=C/C(F)(F)F. The number of alkyl halides is 3. The summed E-state index contributed by atoms with van der Waals surface area (Å²) in [5.41, 5.74) is 0. The molecule has 0 aromatic rings. The lowest BCUT2D eigenvalue weighted by Crippen LogP contribution is -2.01. The molecule has 0 saturated heterocycles. The van der Waals surface area contributed by atoms with Crippen molar-refractivity contribution in [3.63, 3.8) is 0 Å². The van der Waals surface area contributed by atoms with Crippen LogP contribution < -0.4 is 0 Å². The van der Waals surface area contributed by atoms with Gasteiger partial charge in [0, 0.05) is 0 Å². The van der Waals surface area contributed by atoms with Crippen molar-refractivity contribution in [3.05, 3.63) is 24.6 Å². The van der Waals surface area contributed by atoms with Gasteiger partial charge in [0.05, 0.1) is 6.08 Å². The Balaban J connectivity index is 4.11. The van der Waals surface area contributed by atoms with Crippen LogP contribution in [0.15, 0.2) is 24.6 Å². The van der Waals surface area contributed by atoms with E-state index in [-0.39, 0.29) is 0 Å². The van der Waals surface area contributed by atoms with Gasteiger partial charge in [-0.3, -0.25) is 0 Å². The largest absolute Gasteiger partial charge is 0.412 e. The predicted octanol–water partition coefficient (Wildman–Crippen LogP) is 2.59. The first kappa shape index (κ1) is 8.20. The van der Waals surface area contributed by atoms with Crippen LogP contribution in [0.2, 0.25) is 0 Å². The molecule has 0 aliphatic heterocycles. The fourth-order valence-corrected chi connectivity index (χ4v) is 0.215. The minimum Gasteiger partial charge on any atom is -0.207 e. The van der Waals surface area contributed by atoms with Gasteiger partial charge in [0.25, 0.3) is 0 Å². The molecule has 0 N–H and O–H groups in total. The van der Waals surface area contributed by atoms with Crippen molar-refractivity contribution in [1.82, 2.24) is 0 Å². The highest BCUT2D eigenvalue weighted by atomic mass is 19.4. The Morgan fingerprint density at radius 1 is 1.33 bits per heavy atom. The minimum absolute atomic E-state index is 0.458. The molecule has 9 heavy (non-hydrogen) atoms. The molecule has 0 amide bonds. The van der Waals surface area contributed by atoms with Gasteiger partial charge in [0.2, 0.25) is 0 Å². The molecule has 0 aliphatic rings. The monoisotopic (exact) mass is 140 g/mol. The highest BCUT2D eigenvalue weighted by Crippen LogP contribution is 2.18. The van der Waals surface area contributed by atoms with E-state index in [0.717, 1.165) is 0 Å². The number of hydrogen-bond acceptors (Lipinski definition) is 0.